The van der Waals surface area contributed by atoms with Crippen LogP contribution in [-0.2, 0) is 4.79 Å². The standard InChI is InChI=1S/C19H34N4O2/c24-18(7-6-15-8-11-20-14-15)21-17-9-12-23(13-10-17)19(25)22-16-4-2-1-3-5-16/h15-17,20H,1-14H2,(H,21,24)(H,22,25). The van der Waals surface area contributed by atoms with Gasteiger partial charge in [0.05, 0.1) is 0 Å². The highest BCUT2D eigenvalue weighted by atomic mass is 16.2. The fraction of sp³-hybridized carbons (Fsp3) is 0.895. The van der Waals surface area contributed by atoms with Crippen LogP contribution in [0.3, 0.4) is 0 Å². The van der Waals surface area contributed by atoms with Gasteiger partial charge in [-0.3, -0.25) is 4.79 Å². The van der Waals surface area contributed by atoms with Gasteiger partial charge in [0.2, 0.25) is 5.91 Å². The summed E-state index contributed by atoms with van der Waals surface area (Å²) in [6, 6.07) is 0.682. The van der Waals surface area contributed by atoms with Crippen LogP contribution in [0.15, 0.2) is 0 Å². The largest absolute Gasteiger partial charge is 0.353 e. The average molecular weight is 351 g/mol. The number of amides is 3. The summed E-state index contributed by atoms with van der Waals surface area (Å²) in [5, 5.41) is 9.70. The van der Waals surface area contributed by atoms with E-state index in [0.717, 1.165) is 58.3 Å². The molecule has 2 aliphatic heterocycles. The van der Waals surface area contributed by atoms with Gasteiger partial charge in [-0.1, -0.05) is 19.3 Å². The van der Waals surface area contributed by atoms with E-state index in [1.54, 1.807) is 0 Å². The summed E-state index contributed by atoms with van der Waals surface area (Å²) < 4.78 is 0. The Bertz CT molecular complexity index is 437. The maximum absolute atomic E-state index is 12.4. The molecule has 2 saturated heterocycles. The van der Waals surface area contributed by atoms with Crippen molar-refractivity contribution in [3.8, 4) is 0 Å². The molecule has 3 fully saturated rings. The van der Waals surface area contributed by atoms with Gasteiger partial charge in [0.1, 0.15) is 0 Å². The highest BCUT2D eigenvalue weighted by molar-refractivity contribution is 5.76. The molecule has 6 nitrogen and oxygen atoms in total. The molecule has 1 unspecified atom stereocenters. The molecule has 0 bridgehead atoms. The first kappa shape index (κ1) is 18.5. The van der Waals surface area contributed by atoms with Crippen molar-refractivity contribution in [3.05, 3.63) is 0 Å². The van der Waals surface area contributed by atoms with Crippen molar-refractivity contribution in [1.29, 1.82) is 0 Å². The molecule has 3 N–H and O–H groups in total. The third-order valence-corrected chi connectivity index (χ3v) is 6.02. The Labute approximate surface area is 151 Å². The van der Waals surface area contributed by atoms with Gasteiger partial charge in [-0.15, -0.1) is 0 Å². The van der Waals surface area contributed by atoms with Crippen molar-refractivity contribution in [3.63, 3.8) is 0 Å². The van der Waals surface area contributed by atoms with Crippen molar-refractivity contribution in [2.45, 2.75) is 76.3 Å². The van der Waals surface area contributed by atoms with Crippen LogP contribution in [0.4, 0.5) is 4.79 Å². The van der Waals surface area contributed by atoms with E-state index in [1.807, 2.05) is 4.90 Å². The normalized spacial score (nSPS) is 25.8. The van der Waals surface area contributed by atoms with E-state index in [1.165, 1.54) is 25.7 Å². The summed E-state index contributed by atoms with van der Waals surface area (Å²) in [4.78, 5) is 26.4. The number of urea groups is 1. The Morgan fingerprint density at radius 2 is 1.64 bits per heavy atom. The van der Waals surface area contributed by atoms with Crippen LogP contribution in [0, 0.1) is 5.92 Å². The summed E-state index contributed by atoms with van der Waals surface area (Å²) >= 11 is 0. The first-order chi connectivity index (χ1) is 12.2. The molecule has 1 atom stereocenters. The molecular weight excluding hydrogens is 316 g/mol. The van der Waals surface area contributed by atoms with Crippen molar-refractivity contribution in [2.24, 2.45) is 5.92 Å². The summed E-state index contributed by atoms with van der Waals surface area (Å²) in [6.45, 7) is 3.64. The van der Waals surface area contributed by atoms with E-state index >= 15 is 0 Å². The van der Waals surface area contributed by atoms with Gasteiger partial charge in [0, 0.05) is 31.6 Å². The van der Waals surface area contributed by atoms with Gasteiger partial charge >= 0.3 is 6.03 Å². The zero-order valence-corrected chi connectivity index (χ0v) is 15.4. The molecule has 3 rings (SSSR count). The van der Waals surface area contributed by atoms with Crippen LogP contribution in [0.5, 0.6) is 0 Å². The lowest BCUT2D eigenvalue weighted by Gasteiger charge is -2.34. The summed E-state index contributed by atoms with van der Waals surface area (Å²) in [7, 11) is 0. The van der Waals surface area contributed by atoms with Crippen LogP contribution < -0.4 is 16.0 Å². The monoisotopic (exact) mass is 350 g/mol. The number of carbonyl (C=O) groups is 2. The molecule has 0 aromatic carbocycles. The van der Waals surface area contributed by atoms with Gasteiger partial charge in [-0.25, -0.2) is 4.79 Å². The number of hydrogen-bond donors (Lipinski definition) is 3. The summed E-state index contributed by atoms with van der Waals surface area (Å²) in [5.41, 5.74) is 0. The molecule has 3 amide bonds. The topological polar surface area (TPSA) is 73.5 Å². The Balaban J connectivity index is 1.30. The molecule has 3 aliphatic rings. The summed E-state index contributed by atoms with van der Waals surface area (Å²) in [6.07, 6.45) is 10.6. The van der Waals surface area contributed by atoms with Crippen molar-refractivity contribution in [1.82, 2.24) is 20.9 Å². The third-order valence-electron chi connectivity index (χ3n) is 6.02. The highest BCUT2D eigenvalue weighted by Gasteiger charge is 2.26. The number of rotatable bonds is 5. The molecule has 1 saturated carbocycles. The molecule has 0 aromatic rings. The van der Waals surface area contributed by atoms with E-state index < -0.39 is 0 Å². The number of carbonyl (C=O) groups excluding carboxylic acids is 2. The number of nitrogens with zero attached hydrogens (tertiary/aromatic N) is 1. The van der Waals surface area contributed by atoms with Crippen molar-refractivity contribution < 1.29 is 9.59 Å². The average Bonchev–Trinajstić information content (AvgIpc) is 3.15. The molecule has 6 heteroatoms. The maximum atomic E-state index is 12.4. The smallest absolute Gasteiger partial charge is 0.317 e. The van der Waals surface area contributed by atoms with Crippen molar-refractivity contribution in [2.75, 3.05) is 26.2 Å². The molecule has 0 spiro atoms. The number of likely N-dealkylation sites (tertiary alicyclic amines) is 1. The van der Waals surface area contributed by atoms with Crippen LogP contribution >= 0.6 is 0 Å². The molecule has 25 heavy (non-hydrogen) atoms. The second-order valence-electron chi connectivity index (χ2n) is 8.01. The third kappa shape index (κ3) is 5.87. The van der Waals surface area contributed by atoms with Crippen LogP contribution in [0.2, 0.25) is 0 Å². The Kier molecular flexibility index (Phi) is 6.96. The first-order valence-corrected chi connectivity index (χ1v) is 10.3. The van der Waals surface area contributed by atoms with Gasteiger partial charge in [0.15, 0.2) is 0 Å². The molecular formula is C19H34N4O2. The molecule has 0 aromatic heterocycles. The quantitative estimate of drug-likeness (QED) is 0.710. The van der Waals surface area contributed by atoms with E-state index in [-0.39, 0.29) is 18.0 Å². The van der Waals surface area contributed by atoms with Gasteiger partial charge in [-0.2, -0.15) is 0 Å². The van der Waals surface area contributed by atoms with Crippen LogP contribution in [0.1, 0.15) is 64.2 Å². The zero-order chi connectivity index (χ0) is 17.5. The molecule has 0 radical (unpaired) electrons. The fourth-order valence-corrected chi connectivity index (χ4v) is 4.34. The Morgan fingerprint density at radius 1 is 0.920 bits per heavy atom. The van der Waals surface area contributed by atoms with E-state index in [9.17, 15) is 9.59 Å². The predicted octanol–water partition coefficient (Wildman–Crippen LogP) is 2.00. The number of nitrogens with one attached hydrogen (secondary N) is 3. The van der Waals surface area contributed by atoms with Gasteiger partial charge < -0.3 is 20.9 Å². The van der Waals surface area contributed by atoms with E-state index in [4.69, 9.17) is 0 Å². The Hall–Kier alpha value is -1.30. The lowest BCUT2D eigenvalue weighted by Crippen LogP contribution is -2.51. The van der Waals surface area contributed by atoms with E-state index in [0.29, 0.717) is 18.4 Å². The first-order valence-electron chi connectivity index (χ1n) is 10.3. The highest BCUT2D eigenvalue weighted by Crippen LogP contribution is 2.19. The zero-order valence-electron chi connectivity index (χ0n) is 15.4. The lowest BCUT2D eigenvalue weighted by molar-refractivity contribution is -0.122. The van der Waals surface area contributed by atoms with Gasteiger partial charge in [-0.05, 0) is 57.5 Å². The SMILES string of the molecule is O=C(CCC1CCNC1)NC1CCN(C(=O)NC2CCCCC2)CC1. The molecule has 142 valence electrons. The second kappa shape index (κ2) is 9.41. The van der Waals surface area contributed by atoms with Crippen LogP contribution in [-0.4, -0.2) is 55.1 Å². The van der Waals surface area contributed by atoms with Crippen LogP contribution in [0.25, 0.3) is 0 Å². The molecule has 1 aliphatic carbocycles. The second-order valence-corrected chi connectivity index (χ2v) is 8.01. The minimum absolute atomic E-state index is 0.0883. The number of piperidine rings is 1. The lowest BCUT2D eigenvalue weighted by atomic mass is 9.95. The maximum Gasteiger partial charge on any atom is 0.317 e. The predicted molar refractivity (Wildman–Crippen MR) is 98.4 cm³/mol. The molecule has 2 heterocycles. The minimum atomic E-state index is 0.0883. The van der Waals surface area contributed by atoms with Crippen molar-refractivity contribution >= 4 is 11.9 Å². The minimum Gasteiger partial charge on any atom is -0.353 e. The van der Waals surface area contributed by atoms with Gasteiger partial charge in [0.25, 0.3) is 0 Å². The Morgan fingerprint density at radius 3 is 2.32 bits per heavy atom. The number of hydrogen-bond acceptors (Lipinski definition) is 3. The summed E-state index contributed by atoms with van der Waals surface area (Å²) in [5.74, 6) is 0.841. The fourth-order valence-electron chi connectivity index (χ4n) is 4.34. The van der Waals surface area contributed by atoms with E-state index in [2.05, 4.69) is 16.0 Å².